The minimum Gasteiger partial charge on any atom is -0.397 e. The number of hydrogen-bond donors (Lipinski definition) is 2. The van der Waals surface area contributed by atoms with Crippen LogP contribution in [0.2, 0.25) is 0 Å². The number of aromatic nitrogens is 1. The van der Waals surface area contributed by atoms with Gasteiger partial charge in [-0.15, -0.1) is 0 Å². The molecule has 1 aliphatic rings. The highest BCUT2D eigenvalue weighted by molar-refractivity contribution is 9.10. The van der Waals surface area contributed by atoms with Crippen LogP contribution < -0.4 is 11.1 Å². The first kappa shape index (κ1) is 9.77. The molecule has 3 N–H and O–H groups in total. The molecule has 0 saturated heterocycles. The summed E-state index contributed by atoms with van der Waals surface area (Å²) < 4.78 is 0.983. The molecule has 3 nitrogen and oxygen atoms in total. The van der Waals surface area contributed by atoms with Gasteiger partial charge in [0.2, 0.25) is 0 Å². The lowest BCUT2D eigenvalue weighted by atomic mass is 10.2. The minimum atomic E-state index is 0.585. The molecule has 0 radical (unpaired) electrons. The van der Waals surface area contributed by atoms with Crippen molar-refractivity contribution in [2.75, 3.05) is 11.1 Å². The molecule has 1 aromatic rings. The Bertz CT molecular complexity index is 365. The summed E-state index contributed by atoms with van der Waals surface area (Å²) in [5, 5.41) is 3.39. The minimum absolute atomic E-state index is 0.585. The van der Waals surface area contributed by atoms with Crippen molar-refractivity contribution < 1.29 is 0 Å². The highest BCUT2D eigenvalue weighted by Gasteiger charge is 2.33. The summed E-state index contributed by atoms with van der Waals surface area (Å²) in [4.78, 5) is 4.27. The largest absolute Gasteiger partial charge is 0.397 e. The van der Waals surface area contributed by atoms with Crippen LogP contribution in [0.25, 0.3) is 0 Å². The molecule has 14 heavy (non-hydrogen) atoms. The van der Waals surface area contributed by atoms with E-state index in [9.17, 15) is 0 Å². The van der Waals surface area contributed by atoms with Crippen LogP contribution in [-0.4, -0.2) is 11.0 Å². The van der Waals surface area contributed by atoms with E-state index in [2.05, 4.69) is 33.2 Å². The fourth-order valence-electron chi connectivity index (χ4n) is 1.39. The highest BCUT2D eigenvalue weighted by Crippen LogP contribution is 2.35. The van der Waals surface area contributed by atoms with Crippen LogP contribution in [0.1, 0.15) is 18.9 Å². The summed E-state index contributed by atoms with van der Waals surface area (Å²) in [5.41, 5.74) is 7.52. The van der Waals surface area contributed by atoms with E-state index in [1.54, 1.807) is 6.20 Å². The van der Waals surface area contributed by atoms with Crippen molar-refractivity contribution in [2.24, 2.45) is 5.92 Å². The number of nitrogen functional groups attached to an aromatic ring is 1. The zero-order valence-electron chi connectivity index (χ0n) is 8.34. The molecular weight excluding hydrogens is 242 g/mol. The zero-order valence-corrected chi connectivity index (χ0v) is 9.93. The van der Waals surface area contributed by atoms with Gasteiger partial charge in [-0.1, -0.05) is 6.92 Å². The first-order valence-corrected chi connectivity index (χ1v) is 5.56. The molecule has 1 aliphatic carbocycles. The van der Waals surface area contributed by atoms with Crippen LogP contribution in [-0.2, 0) is 0 Å². The van der Waals surface area contributed by atoms with Gasteiger partial charge in [-0.05, 0) is 40.8 Å². The van der Waals surface area contributed by atoms with Gasteiger partial charge in [0, 0.05) is 6.04 Å². The van der Waals surface area contributed by atoms with E-state index in [-0.39, 0.29) is 0 Å². The summed E-state index contributed by atoms with van der Waals surface area (Å²) in [6, 6.07) is 0.585. The van der Waals surface area contributed by atoms with Gasteiger partial charge in [0.1, 0.15) is 5.82 Å². The van der Waals surface area contributed by atoms with Crippen molar-refractivity contribution in [2.45, 2.75) is 26.3 Å². The predicted octanol–water partition coefficient (Wildman–Crippen LogP) is 2.56. The maximum atomic E-state index is 5.74. The smallest absolute Gasteiger partial charge is 0.140 e. The van der Waals surface area contributed by atoms with Gasteiger partial charge in [0.25, 0.3) is 0 Å². The SMILES string of the molecule is Cc1c(N)cnc(NC2CC2C)c1Br. The molecule has 1 fully saturated rings. The Morgan fingerprint density at radius 2 is 2.29 bits per heavy atom. The lowest BCUT2D eigenvalue weighted by molar-refractivity contribution is 0.922. The number of nitrogens with zero attached hydrogens (tertiary/aromatic N) is 1. The molecule has 1 saturated carbocycles. The standard InChI is InChI=1S/C10H14BrN3/c1-5-3-8(5)14-10-9(11)6(2)7(12)4-13-10/h4-5,8H,3,12H2,1-2H3,(H,13,14). The summed E-state index contributed by atoms with van der Waals surface area (Å²) in [6.07, 6.45) is 2.94. The van der Waals surface area contributed by atoms with Crippen LogP contribution in [0.15, 0.2) is 10.7 Å². The average molecular weight is 256 g/mol. The molecular formula is C10H14BrN3. The monoisotopic (exact) mass is 255 g/mol. The van der Waals surface area contributed by atoms with E-state index in [1.807, 2.05) is 6.92 Å². The molecule has 0 amide bonds. The Kier molecular flexibility index (Phi) is 2.39. The summed E-state index contributed by atoms with van der Waals surface area (Å²) >= 11 is 3.50. The third-order valence-electron chi connectivity index (χ3n) is 2.73. The molecule has 2 unspecified atom stereocenters. The van der Waals surface area contributed by atoms with Crippen molar-refractivity contribution in [1.29, 1.82) is 0 Å². The number of halogens is 1. The molecule has 4 heteroatoms. The number of rotatable bonds is 2. The van der Waals surface area contributed by atoms with Crippen LogP contribution in [0, 0.1) is 12.8 Å². The quantitative estimate of drug-likeness (QED) is 0.854. The fraction of sp³-hybridized carbons (Fsp3) is 0.500. The summed E-state index contributed by atoms with van der Waals surface area (Å²) in [5.74, 6) is 1.67. The zero-order chi connectivity index (χ0) is 10.3. The molecule has 1 heterocycles. The van der Waals surface area contributed by atoms with Crippen molar-refractivity contribution in [1.82, 2.24) is 4.98 Å². The van der Waals surface area contributed by atoms with Gasteiger partial charge in [-0.2, -0.15) is 0 Å². The number of nitrogens with two attached hydrogens (primary N) is 1. The molecule has 0 aromatic carbocycles. The van der Waals surface area contributed by atoms with E-state index in [1.165, 1.54) is 6.42 Å². The molecule has 2 rings (SSSR count). The average Bonchev–Trinajstić information content (AvgIpc) is 2.83. The molecule has 76 valence electrons. The van der Waals surface area contributed by atoms with Gasteiger partial charge < -0.3 is 11.1 Å². The van der Waals surface area contributed by atoms with Crippen molar-refractivity contribution in [3.05, 3.63) is 16.2 Å². The predicted molar refractivity (Wildman–Crippen MR) is 62.3 cm³/mol. The number of nitrogens with one attached hydrogen (secondary N) is 1. The lowest BCUT2D eigenvalue weighted by Crippen LogP contribution is -2.07. The van der Waals surface area contributed by atoms with Crippen molar-refractivity contribution in [3.63, 3.8) is 0 Å². The van der Waals surface area contributed by atoms with E-state index < -0.39 is 0 Å². The van der Waals surface area contributed by atoms with E-state index in [0.717, 1.165) is 27.5 Å². The second-order valence-electron chi connectivity index (χ2n) is 3.96. The topological polar surface area (TPSA) is 50.9 Å². The second kappa shape index (κ2) is 3.42. The van der Waals surface area contributed by atoms with Crippen LogP contribution in [0.3, 0.4) is 0 Å². The molecule has 0 bridgehead atoms. The maximum Gasteiger partial charge on any atom is 0.140 e. The normalized spacial score (nSPS) is 24.8. The molecule has 2 atom stereocenters. The Labute approximate surface area is 92.2 Å². The van der Waals surface area contributed by atoms with E-state index >= 15 is 0 Å². The van der Waals surface area contributed by atoms with Crippen molar-refractivity contribution in [3.8, 4) is 0 Å². The van der Waals surface area contributed by atoms with E-state index in [4.69, 9.17) is 5.73 Å². The summed E-state index contributed by atoms with van der Waals surface area (Å²) in [6.45, 7) is 4.22. The maximum absolute atomic E-state index is 5.74. The molecule has 0 aliphatic heterocycles. The van der Waals surface area contributed by atoms with E-state index in [0.29, 0.717) is 6.04 Å². The Balaban J connectivity index is 2.21. The second-order valence-corrected chi connectivity index (χ2v) is 4.76. The fourth-order valence-corrected chi connectivity index (χ4v) is 1.84. The first-order valence-electron chi connectivity index (χ1n) is 4.76. The van der Waals surface area contributed by atoms with Crippen LogP contribution >= 0.6 is 15.9 Å². The van der Waals surface area contributed by atoms with Crippen LogP contribution in [0.5, 0.6) is 0 Å². The first-order chi connectivity index (χ1) is 6.59. The van der Waals surface area contributed by atoms with Gasteiger partial charge in [0.05, 0.1) is 16.4 Å². The summed E-state index contributed by atoms with van der Waals surface area (Å²) in [7, 11) is 0. The van der Waals surface area contributed by atoms with Crippen LogP contribution in [0.4, 0.5) is 11.5 Å². The lowest BCUT2D eigenvalue weighted by Gasteiger charge is -2.10. The van der Waals surface area contributed by atoms with Crippen molar-refractivity contribution >= 4 is 27.4 Å². The Morgan fingerprint density at radius 3 is 2.86 bits per heavy atom. The highest BCUT2D eigenvalue weighted by atomic mass is 79.9. The number of hydrogen-bond acceptors (Lipinski definition) is 3. The third kappa shape index (κ3) is 1.71. The Hall–Kier alpha value is -0.770. The molecule has 0 spiro atoms. The van der Waals surface area contributed by atoms with Gasteiger partial charge in [-0.25, -0.2) is 4.98 Å². The van der Waals surface area contributed by atoms with Gasteiger partial charge in [0.15, 0.2) is 0 Å². The van der Waals surface area contributed by atoms with Gasteiger partial charge in [-0.3, -0.25) is 0 Å². The number of pyridine rings is 1. The number of anilines is 2. The third-order valence-corrected chi connectivity index (χ3v) is 3.70. The van der Waals surface area contributed by atoms with Gasteiger partial charge >= 0.3 is 0 Å². The Morgan fingerprint density at radius 1 is 1.64 bits per heavy atom. The molecule has 1 aromatic heterocycles.